The van der Waals surface area contributed by atoms with Crippen molar-refractivity contribution in [3.05, 3.63) is 33.8 Å². The molecule has 2 aromatic heterocycles. The summed E-state index contributed by atoms with van der Waals surface area (Å²) in [4.78, 5) is 37.0. The Kier molecular flexibility index (Phi) is 7.64. The Labute approximate surface area is 190 Å². The smallest absolute Gasteiger partial charge is 0.351 e. The van der Waals surface area contributed by atoms with Crippen LogP contribution in [-0.2, 0) is 31.1 Å². The minimum Gasteiger partial charge on any atom is -0.466 e. The Hall–Kier alpha value is -2.35. The van der Waals surface area contributed by atoms with E-state index in [0.717, 1.165) is 8.99 Å². The molecule has 1 unspecified atom stereocenters. The summed E-state index contributed by atoms with van der Waals surface area (Å²) in [5.41, 5.74) is -0.507. The van der Waals surface area contributed by atoms with Crippen LogP contribution in [0.25, 0.3) is 5.00 Å². The van der Waals surface area contributed by atoms with Crippen molar-refractivity contribution >= 4 is 33.3 Å². The molecule has 13 heteroatoms. The van der Waals surface area contributed by atoms with Crippen LogP contribution in [-0.4, -0.2) is 76.9 Å². The normalized spacial score (nSPS) is 17.6. The topological polar surface area (TPSA) is 124 Å². The van der Waals surface area contributed by atoms with Crippen LogP contribution in [0.3, 0.4) is 0 Å². The first kappa shape index (κ1) is 24.3. The van der Waals surface area contributed by atoms with E-state index in [1.54, 1.807) is 19.1 Å². The van der Waals surface area contributed by atoms with Gasteiger partial charge in [0.05, 0.1) is 6.61 Å². The SMILES string of the molecule is CCOC(=O)CC(=O)Cn1nc(C2CCCN(S(=O)(=O)N(C)C)C2)n(-c2cccs2)c1=O. The summed E-state index contributed by atoms with van der Waals surface area (Å²) >= 11 is 1.34. The highest BCUT2D eigenvalue weighted by Crippen LogP contribution is 2.29. The predicted molar refractivity (Wildman–Crippen MR) is 118 cm³/mol. The zero-order valence-electron chi connectivity index (χ0n) is 18.3. The number of ether oxygens (including phenoxy) is 1. The molecule has 0 spiro atoms. The molecule has 11 nitrogen and oxygen atoms in total. The van der Waals surface area contributed by atoms with Gasteiger partial charge >= 0.3 is 11.7 Å². The first-order chi connectivity index (χ1) is 15.1. The van der Waals surface area contributed by atoms with Gasteiger partial charge in [0.1, 0.15) is 23.8 Å². The summed E-state index contributed by atoms with van der Waals surface area (Å²) < 4.78 is 35.0. The third-order valence-corrected chi connectivity index (χ3v) is 7.86. The monoisotopic (exact) mass is 485 g/mol. The van der Waals surface area contributed by atoms with Crippen LogP contribution in [0.1, 0.15) is 37.9 Å². The first-order valence-corrected chi connectivity index (χ1v) is 12.5. The molecule has 1 atom stereocenters. The van der Waals surface area contributed by atoms with Gasteiger partial charge in [-0.1, -0.05) is 0 Å². The third-order valence-electron chi connectivity index (χ3n) is 5.10. The second-order valence-corrected chi connectivity index (χ2v) is 10.7. The van der Waals surface area contributed by atoms with Crippen LogP contribution >= 0.6 is 11.3 Å². The summed E-state index contributed by atoms with van der Waals surface area (Å²) in [6, 6.07) is 3.56. The number of aromatic nitrogens is 3. The van der Waals surface area contributed by atoms with Gasteiger partial charge in [0.15, 0.2) is 5.78 Å². The lowest BCUT2D eigenvalue weighted by Gasteiger charge is -2.32. The quantitative estimate of drug-likeness (QED) is 0.376. The molecule has 0 aliphatic carbocycles. The summed E-state index contributed by atoms with van der Waals surface area (Å²) in [6.07, 6.45) is 0.822. The summed E-state index contributed by atoms with van der Waals surface area (Å²) in [7, 11) is -0.654. The van der Waals surface area contributed by atoms with Crippen LogP contribution in [0.2, 0.25) is 0 Å². The maximum absolute atomic E-state index is 13.1. The lowest BCUT2D eigenvalue weighted by molar-refractivity contribution is -0.145. The van der Waals surface area contributed by atoms with Crippen molar-refractivity contribution in [3.63, 3.8) is 0 Å². The first-order valence-electron chi connectivity index (χ1n) is 10.2. The molecule has 2 aromatic rings. The fourth-order valence-electron chi connectivity index (χ4n) is 3.59. The van der Waals surface area contributed by atoms with E-state index in [1.165, 1.54) is 34.3 Å². The Balaban J connectivity index is 1.93. The number of hydrogen-bond acceptors (Lipinski definition) is 8. The van der Waals surface area contributed by atoms with Gasteiger partial charge in [0, 0.05) is 33.1 Å². The Bertz CT molecular complexity index is 1120. The average Bonchev–Trinajstić information content (AvgIpc) is 3.36. The second-order valence-electron chi connectivity index (χ2n) is 7.59. The van der Waals surface area contributed by atoms with Gasteiger partial charge in [-0.25, -0.2) is 14.0 Å². The predicted octanol–water partition coefficient (Wildman–Crippen LogP) is 0.604. The summed E-state index contributed by atoms with van der Waals surface area (Å²) in [5.74, 6) is -1.07. The molecule has 0 aromatic carbocycles. The highest BCUT2D eigenvalue weighted by Gasteiger charge is 2.34. The average molecular weight is 486 g/mol. The molecular formula is C19H27N5O6S2. The Morgan fingerprint density at radius 1 is 1.34 bits per heavy atom. The van der Waals surface area contributed by atoms with Crippen molar-refractivity contribution in [1.82, 2.24) is 23.0 Å². The molecule has 0 bridgehead atoms. The summed E-state index contributed by atoms with van der Waals surface area (Å²) in [6.45, 7) is 2.01. The molecule has 32 heavy (non-hydrogen) atoms. The van der Waals surface area contributed by atoms with E-state index in [1.807, 2.05) is 5.38 Å². The lowest BCUT2D eigenvalue weighted by atomic mass is 9.99. The van der Waals surface area contributed by atoms with E-state index in [-0.39, 0.29) is 25.6 Å². The van der Waals surface area contributed by atoms with Gasteiger partial charge in [-0.15, -0.1) is 11.3 Å². The van der Waals surface area contributed by atoms with E-state index >= 15 is 0 Å². The van der Waals surface area contributed by atoms with Crippen molar-refractivity contribution in [2.75, 3.05) is 33.8 Å². The highest BCUT2D eigenvalue weighted by atomic mass is 32.2. The Morgan fingerprint density at radius 2 is 2.09 bits per heavy atom. The number of piperidine rings is 1. The van der Waals surface area contributed by atoms with Crippen molar-refractivity contribution in [3.8, 4) is 5.00 Å². The number of carbonyl (C=O) groups excluding carboxylic acids is 2. The molecule has 1 aliphatic heterocycles. The van der Waals surface area contributed by atoms with Gasteiger partial charge in [0.2, 0.25) is 0 Å². The minimum atomic E-state index is -3.61. The van der Waals surface area contributed by atoms with Gasteiger partial charge in [-0.05, 0) is 37.3 Å². The van der Waals surface area contributed by atoms with Crippen molar-refractivity contribution in [2.45, 2.75) is 38.6 Å². The standard InChI is InChI=1S/C19H27N5O6S2/c1-4-30-17(26)11-15(25)13-23-19(27)24(16-8-6-10-31-16)18(20-23)14-7-5-9-22(12-14)32(28,29)21(2)3/h6,8,10,14H,4-5,7,9,11-13H2,1-3H3. The zero-order chi connectivity index (χ0) is 23.5. The maximum atomic E-state index is 13.1. The third kappa shape index (κ3) is 5.17. The molecule has 3 rings (SSSR count). The number of hydrogen-bond donors (Lipinski definition) is 0. The van der Waals surface area contributed by atoms with Crippen molar-refractivity contribution in [1.29, 1.82) is 0 Å². The number of esters is 1. The van der Waals surface area contributed by atoms with Gasteiger partial charge in [0.25, 0.3) is 10.2 Å². The number of carbonyl (C=O) groups is 2. The van der Waals surface area contributed by atoms with Crippen LogP contribution in [0.15, 0.2) is 22.3 Å². The molecule has 0 radical (unpaired) electrons. The van der Waals surface area contributed by atoms with E-state index in [2.05, 4.69) is 5.10 Å². The molecule has 176 valence electrons. The Morgan fingerprint density at radius 3 is 2.72 bits per heavy atom. The number of nitrogens with zero attached hydrogens (tertiary/aromatic N) is 5. The molecule has 1 saturated heterocycles. The fraction of sp³-hybridized carbons (Fsp3) is 0.579. The van der Waals surface area contributed by atoms with Crippen LogP contribution in [0, 0.1) is 0 Å². The van der Waals surface area contributed by atoms with Crippen molar-refractivity contribution < 1.29 is 22.7 Å². The van der Waals surface area contributed by atoms with E-state index in [9.17, 15) is 22.8 Å². The molecule has 0 saturated carbocycles. The molecule has 1 aliphatic rings. The van der Waals surface area contributed by atoms with Crippen LogP contribution in [0.5, 0.6) is 0 Å². The molecule has 0 N–H and O–H groups in total. The second kappa shape index (κ2) is 10.1. The van der Waals surface area contributed by atoms with Gasteiger partial charge in [-0.2, -0.15) is 22.1 Å². The lowest BCUT2D eigenvalue weighted by Crippen LogP contribution is -2.45. The largest absolute Gasteiger partial charge is 0.466 e. The minimum absolute atomic E-state index is 0.164. The molecular weight excluding hydrogens is 458 g/mol. The summed E-state index contributed by atoms with van der Waals surface area (Å²) in [5, 5.41) is 6.85. The van der Waals surface area contributed by atoms with Crippen LogP contribution in [0.4, 0.5) is 0 Å². The molecule has 1 fully saturated rings. The highest BCUT2D eigenvalue weighted by molar-refractivity contribution is 7.86. The van der Waals surface area contributed by atoms with E-state index < -0.39 is 34.1 Å². The van der Waals surface area contributed by atoms with E-state index in [0.29, 0.717) is 30.2 Å². The van der Waals surface area contributed by atoms with Gasteiger partial charge in [-0.3, -0.25) is 9.59 Å². The van der Waals surface area contributed by atoms with E-state index in [4.69, 9.17) is 4.74 Å². The number of rotatable bonds is 9. The maximum Gasteiger partial charge on any atom is 0.351 e. The fourth-order valence-corrected chi connectivity index (χ4v) is 5.51. The van der Waals surface area contributed by atoms with Crippen molar-refractivity contribution in [2.24, 2.45) is 0 Å². The molecule has 0 amide bonds. The molecule has 3 heterocycles. The number of Topliss-reactive ketones (excluding diaryl/α,β-unsaturated/α-hetero) is 1. The number of ketones is 1. The zero-order valence-corrected chi connectivity index (χ0v) is 19.9. The van der Waals surface area contributed by atoms with Gasteiger partial charge < -0.3 is 4.74 Å². The van der Waals surface area contributed by atoms with Crippen LogP contribution < -0.4 is 5.69 Å². The number of thiophene rings is 1.